The van der Waals surface area contributed by atoms with Crippen LogP contribution in [-0.4, -0.2) is 51.5 Å². The molecule has 0 saturated heterocycles. The van der Waals surface area contributed by atoms with Gasteiger partial charge in [0.2, 0.25) is 0 Å². The molecule has 0 aliphatic carbocycles. The van der Waals surface area contributed by atoms with Gasteiger partial charge in [-0.2, -0.15) is 10.2 Å². The van der Waals surface area contributed by atoms with Gasteiger partial charge in [0.1, 0.15) is 42.7 Å². The summed E-state index contributed by atoms with van der Waals surface area (Å²) in [5, 5.41) is 79.8. The third-order valence-electron chi connectivity index (χ3n) is 9.13. The standard InChI is InChI=1S/C40H29N5O16S3.2Cu.4Na/c46-30-15-20(21-5-13-29(31(47)16-21)43-45-38-33(63(55,56)57)17-22-2-1-3-32(62(52,53)54)36(22)40(38)51)4-12-28(30)42-44-37-34(64(58,59)60)18-23-14-25(8-11-27(23)39(37)50)41-24-6-9-26(10-7-24)61-19-35(48)49;;;;;;/h1-18,41,46-47,50-51H,19H2,(H,48,49)(H,52,53,54)(H,55,56,57)(H,58,59,60);;;;;;/q;2*+2;4*+1/p-8. The van der Waals surface area contributed by atoms with Gasteiger partial charge in [0.25, 0.3) is 0 Å². The Morgan fingerprint density at radius 2 is 1.00 bits per heavy atom. The number of carboxylic acid groups (broad SMARTS) is 1. The van der Waals surface area contributed by atoms with Crippen molar-refractivity contribution in [1.82, 2.24) is 0 Å². The van der Waals surface area contributed by atoms with Gasteiger partial charge in [-0.3, -0.25) is 0 Å². The number of ether oxygens (including phenoxy) is 1. The van der Waals surface area contributed by atoms with E-state index in [0.717, 1.165) is 48.5 Å². The number of hydrogen-bond donors (Lipinski definition) is 1. The SMILES string of the molecule is O=C([O-])COc1ccc(Nc2ccc3c([O-])c(N=Nc4ccc(-c5ccc(N=Nc6c(S(=O)(=O)[O-])cc7cccc(S(=O)(=O)[O-])c7c6[O-])c([O-])c5)cc4[O-])c(S(=O)(=O)[O-])cc3c2)cc1.[Cu+2].[Cu+2].[Na+].[Na+].[Na+].[Na+]. The summed E-state index contributed by atoms with van der Waals surface area (Å²) in [7, 11) is -16.1. The Balaban J connectivity index is 0.00000408. The molecule has 0 spiro atoms. The monoisotopic (exact) mass is 1140 g/mol. The first kappa shape index (κ1) is 65.3. The third-order valence-corrected chi connectivity index (χ3v) is 11.7. The molecule has 30 heteroatoms. The van der Waals surface area contributed by atoms with Crippen molar-refractivity contribution in [2.24, 2.45) is 20.5 Å². The molecular formula is C40H21Cu2N5Na4O16S3. The molecule has 0 fully saturated rings. The van der Waals surface area contributed by atoms with Crippen molar-refractivity contribution < 1.29 is 226 Å². The van der Waals surface area contributed by atoms with Crippen molar-refractivity contribution in [1.29, 1.82) is 0 Å². The van der Waals surface area contributed by atoms with E-state index >= 15 is 0 Å². The van der Waals surface area contributed by atoms with E-state index in [4.69, 9.17) is 4.74 Å². The molecule has 70 heavy (non-hydrogen) atoms. The largest absolute Gasteiger partial charge is 2.00 e. The second kappa shape index (κ2) is 26.5. The Labute approximate surface area is 507 Å². The van der Waals surface area contributed by atoms with Gasteiger partial charge in [-0.15, -0.1) is 10.2 Å². The minimum atomic E-state index is -5.44. The first-order chi connectivity index (χ1) is 30.1. The van der Waals surface area contributed by atoms with Crippen LogP contribution in [0.15, 0.2) is 144 Å². The zero-order valence-corrected chi connectivity index (χ0v) is 48.6. The van der Waals surface area contributed by atoms with Gasteiger partial charge in [-0.1, -0.05) is 65.5 Å². The summed E-state index contributed by atoms with van der Waals surface area (Å²) in [5.41, 5.74) is -1.88. The molecule has 2 radical (unpaired) electrons. The fraction of sp³-hybridized carbons (Fsp3) is 0.0250. The van der Waals surface area contributed by atoms with Crippen LogP contribution >= 0.6 is 0 Å². The molecule has 21 nitrogen and oxygen atoms in total. The Hall–Kier alpha value is -2.70. The van der Waals surface area contributed by atoms with E-state index in [-0.39, 0.29) is 185 Å². The third kappa shape index (κ3) is 15.2. The van der Waals surface area contributed by atoms with Crippen LogP contribution in [0.5, 0.6) is 28.7 Å². The molecule has 0 saturated carbocycles. The zero-order valence-electron chi connectivity index (χ0n) is 36.2. The summed E-state index contributed by atoms with van der Waals surface area (Å²) >= 11 is 0. The van der Waals surface area contributed by atoms with E-state index in [0.29, 0.717) is 17.4 Å². The van der Waals surface area contributed by atoms with Crippen LogP contribution < -0.4 is 154 Å². The molecule has 0 aliphatic rings. The van der Waals surface area contributed by atoms with Crippen molar-refractivity contribution in [3.05, 3.63) is 109 Å². The van der Waals surface area contributed by atoms with Crippen molar-refractivity contribution in [2.45, 2.75) is 14.7 Å². The maximum Gasteiger partial charge on any atom is 2.00 e. The molecule has 7 rings (SSSR count). The number of nitrogens with one attached hydrogen (secondary N) is 1. The van der Waals surface area contributed by atoms with E-state index in [2.05, 4.69) is 25.8 Å². The van der Waals surface area contributed by atoms with Crippen LogP contribution in [0.3, 0.4) is 0 Å². The molecular weight excluding hydrogens is 1120 g/mol. The Bertz CT molecular complexity index is 3510. The normalized spacial score (nSPS) is 11.3. The average Bonchev–Trinajstić information content (AvgIpc) is 3.22. The fourth-order valence-corrected chi connectivity index (χ4v) is 8.24. The predicted molar refractivity (Wildman–Crippen MR) is 210 cm³/mol. The van der Waals surface area contributed by atoms with Crippen LogP contribution in [0.1, 0.15) is 0 Å². The van der Waals surface area contributed by atoms with Crippen LogP contribution in [0, 0.1) is 0 Å². The Morgan fingerprint density at radius 3 is 1.47 bits per heavy atom. The number of carbonyl (C=O) groups is 1. The number of nitrogens with zero attached hydrogens (tertiary/aromatic N) is 4. The van der Waals surface area contributed by atoms with Crippen molar-refractivity contribution in [3.63, 3.8) is 0 Å². The molecule has 0 heterocycles. The second-order valence-electron chi connectivity index (χ2n) is 13.3. The molecule has 0 unspecified atom stereocenters. The number of hydrogen-bond acceptors (Lipinski definition) is 21. The maximum absolute atomic E-state index is 13.5. The van der Waals surface area contributed by atoms with Gasteiger partial charge in [0.05, 0.1) is 43.4 Å². The molecule has 0 amide bonds. The fourth-order valence-electron chi connectivity index (χ4n) is 6.25. The average molecular weight is 1140 g/mol. The van der Waals surface area contributed by atoms with Crippen molar-refractivity contribution in [2.75, 3.05) is 11.9 Å². The molecule has 0 aromatic heterocycles. The first-order valence-corrected chi connectivity index (χ1v) is 21.9. The summed E-state index contributed by atoms with van der Waals surface area (Å²) in [5.74, 6) is -5.34. The number of carboxylic acids is 1. The maximum atomic E-state index is 13.5. The van der Waals surface area contributed by atoms with E-state index < -0.39 is 109 Å². The number of aliphatic carboxylic acids is 1. The van der Waals surface area contributed by atoms with Crippen LogP contribution in [-0.2, 0) is 69.3 Å². The van der Waals surface area contributed by atoms with Gasteiger partial charge in [0.15, 0.2) is 0 Å². The number of fused-ring (bicyclic) bond motifs is 2. The number of benzene rings is 7. The molecule has 346 valence electrons. The van der Waals surface area contributed by atoms with Gasteiger partial charge in [-0.25, -0.2) is 25.3 Å². The number of anilines is 2. The summed E-state index contributed by atoms with van der Waals surface area (Å²) in [4.78, 5) is 7.38. The van der Waals surface area contributed by atoms with Crippen LogP contribution in [0.25, 0.3) is 32.7 Å². The van der Waals surface area contributed by atoms with Crippen LogP contribution in [0.2, 0.25) is 0 Å². The summed E-state index contributed by atoms with van der Waals surface area (Å²) < 4.78 is 114. The van der Waals surface area contributed by atoms with E-state index in [1.165, 1.54) is 42.5 Å². The molecule has 1 N–H and O–H groups in total. The van der Waals surface area contributed by atoms with Gasteiger partial charge in [-0.05, 0) is 99.4 Å². The zero-order chi connectivity index (χ0) is 46.3. The van der Waals surface area contributed by atoms with Crippen molar-refractivity contribution >= 4 is 92.0 Å². The Morgan fingerprint density at radius 1 is 0.529 bits per heavy atom. The first-order valence-electron chi connectivity index (χ1n) is 17.7. The molecule has 0 aliphatic heterocycles. The molecule has 7 aromatic carbocycles. The summed E-state index contributed by atoms with van der Waals surface area (Å²) in [6.45, 7) is -0.657. The van der Waals surface area contributed by atoms with E-state index in [1.54, 1.807) is 12.1 Å². The number of carbonyl (C=O) groups excluding carboxylic acids is 1. The van der Waals surface area contributed by atoms with Gasteiger partial charge >= 0.3 is 152 Å². The van der Waals surface area contributed by atoms with Crippen LogP contribution in [0.4, 0.5) is 34.1 Å². The van der Waals surface area contributed by atoms with E-state index in [1.807, 2.05) is 0 Å². The van der Waals surface area contributed by atoms with E-state index in [9.17, 15) is 69.2 Å². The topological polar surface area (TPSA) is 375 Å². The van der Waals surface area contributed by atoms with Gasteiger partial charge in [0, 0.05) is 11.4 Å². The molecule has 0 bridgehead atoms. The summed E-state index contributed by atoms with van der Waals surface area (Å²) in [6.07, 6.45) is 0. The quantitative estimate of drug-likeness (QED) is 0.0636. The molecule has 0 atom stereocenters. The smallest absolute Gasteiger partial charge is 0.871 e. The van der Waals surface area contributed by atoms with Crippen molar-refractivity contribution in [3.8, 4) is 39.9 Å². The molecule has 7 aromatic rings. The minimum absolute atomic E-state index is 0. The Kier molecular flexibility index (Phi) is 24.7. The number of azo groups is 2. The predicted octanol–water partition coefficient (Wildman–Crippen LogP) is -8.62. The second-order valence-corrected chi connectivity index (χ2v) is 17.4. The van der Waals surface area contributed by atoms with Gasteiger partial charge < -0.3 is 54.0 Å². The minimum Gasteiger partial charge on any atom is -0.871 e. The summed E-state index contributed by atoms with van der Waals surface area (Å²) in [6, 6.07) is 21.4. The number of rotatable bonds is 13.